The number of nitrogens with zero attached hydrogens (tertiary/aromatic N) is 2. The van der Waals surface area contributed by atoms with E-state index in [1.54, 1.807) is 18.9 Å². The van der Waals surface area contributed by atoms with Gasteiger partial charge in [0.15, 0.2) is 17.1 Å². The summed E-state index contributed by atoms with van der Waals surface area (Å²) in [7, 11) is 3.51. The molecule has 40 heavy (non-hydrogen) atoms. The fourth-order valence-electron chi connectivity index (χ4n) is 7.86. The largest absolute Gasteiger partial charge is 0.510 e. The number of aliphatic hydroxyl groups excluding tert-OH is 2. The number of hydrogen-bond donors (Lipinski definition) is 6. The smallest absolute Gasteiger partial charge is 0.255 e. The Hall–Kier alpha value is -3.48. The highest BCUT2D eigenvalue weighted by molar-refractivity contribution is 6.25. The lowest BCUT2D eigenvalue weighted by atomic mass is 9.58. The van der Waals surface area contributed by atoms with Crippen LogP contribution in [0.15, 0.2) is 22.7 Å². The number of fused-ring (bicyclic) bond motifs is 6. The van der Waals surface area contributed by atoms with Gasteiger partial charge in [0.05, 0.1) is 17.3 Å². The minimum Gasteiger partial charge on any atom is -0.510 e. The molecule has 1 aromatic carbocycles. The Morgan fingerprint density at radius 1 is 1.27 bits per heavy atom. The number of anilines is 1. The molecule has 6 atom stereocenters. The lowest BCUT2D eigenvalue weighted by Gasteiger charge is -2.50. The van der Waals surface area contributed by atoms with Crippen molar-refractivity contribution in [3.05, 3.63) is 45.2 Å². The van der Waals surface area contributed by atoms with Gasteiger partial charge in [-0.15, -0.1) is 0 Å². The number of ketones is 2. The molecule has 5 aliphatic rings. The molecule has 3 unspecified atom stereocenters. The molecule has 1 fully saturated rings. The molecular formula is C28H33FN4O7. The van der Waals surface area contributed by atoms with Crippen molar-refractivity contribution >= 4 is 23.2 Å². The second-order valence-electron chi connectivity index (χ2n) is 11.7. The van der Waals surface area contributed by atoms with Crippen LogP contribution in [0.4, 0.5) is 10.1 Å². The maximum atomic E-state index is 16.4. The standard InChI is InChI=1S/C28H33FN4O7/c1-4-32(2)21-13-8-11-7-12-15(23(35)19-16(18(12)29)20-10(9-31-19)5-6-33(20)3)22(34)14(11)25(37)28(13,40)26(38)17(24(21)36)27(30)39/h10-11,13,20-21,31,35-37,40H,4-9H2,1-3H3,(H2,30,39)/t10?,11-,13-,20?,21?,28-/m0/s1. The van der Waals surface area contributed by atoms with Crippen LogP contribution >= 0.6 is 0 Å². The Bertz CT molecular complexity index is 1450. The number of halogens is 1. The van der Waals surface area contributed by atoms with Gasteiger partial charge in [0.2, 0.25) is 5.78 Å². The van der Waals surface area contributed by atoms with Gasteiger partial charge in [-0.2, -0.15) is 0 Å². The number of likely N-dealkylation sites (tertiary alicyclic amines) is 1. The van der Waals surface area contributed by atoms with Crippen LogP contribution < -0.4 is 11.1 Å². The third-order valence-corrected chi connectivity index (χ3v) is 9.89. The summed E-state index contributed by atoms with van der Waals surface area (Å²) in [5.41, 5.74) is 1.65. The van der Waals surface area contributed by atoms with Crippen LogP contribution in [0.2, 0.25) is 0 Å². The number of amides is 1. The monoisotopic (exact) mass is 556 g/mol. The third kappa shape index (κ3) is 3.18. The zero-order valence-corrected chi connectivity index (χ0v) is 22.5. The molecule has 0 aromatic heterocycles. The van der Waals surface area contributed by atoms with Crippen molar-refractivity contribution in [1.29, 1.82) is 0 Å². The number of primary amides is 1. The van der Waals surface area contributed by atoms with Crippen molar-refractivity contribution in [3.63, 3.8) is 0 Å². The first kappa shape index (κ1) is 26.7. The Kier molecular flexibility index (Phi) is 5.85. The quantitative estimate of drug-likeness (QED) is 0.233. The number of carbonyl (C=O) groups excluding carboxylic acids is 3. The minimum absolute atomic E-state index is 0.0242. The van der Waals surface area contributed by atoms with Gasteiger partial charge in [0, 0.05) is 35.2 Å². The van der Waals surface area contributed by atoms with E-state index in [0.717, 1.165) is 13.0 Å². The Morgan fingerprint density at radius 3 is 2.62 bits per heavy atom. The predicted molar refractivity (Wildman–Crippen MR) is 140 cm³/mol. The molecule has 7 N–H and O–H groups in total. The number of phenols is 1. The number of benzene rings is 1. The number of hydrogen-bond acceptors (Lipinski definition) is 10. The summed E-state index contributed by atoms with van der Waals surface area (Å²) < 4.78 is 16.4. The van der Waals surface area contributed by atoms with Crippen LogP contribution in [-0.2, 0) is 16.0 Å². The highest BCUT2D eigenvalue weighted by atomic mass is 19.1. The number of likely N-dealkylation sites (N-methyl/N-ethyl adjacent to an activating group) is 1. The molecule has 0 bridgehead atoms. The second kappa shape index (κ2) is 8.76. The van der Waals surface area contributed by atoms with Gasteiger partial charge in [-0.05, 0) is 58.3 Å². The van der Waals surface area contributed by atoms with E-state index in [4.69, 9.17) is 5.73 Å². The number of aliphatic hydroxyl groups is 3. The van der Waals surface area contributed by atoms with Crippen molar-refractivity contribution < 1.29 is 39.2 Å². The van der Waals surface area contributed by atoms with E-state index >= 15 is 4.39 Å². The number of Topliss-reactive ketones (excluding diaryl/α,β-unsaturated/α-hetero) is 2. The lowest BCUT2D eigenvalue weighted by molar-refractivity contribution is -0.148. The molecule has 11 nitrogen and oxygen atoms in total. The molecule has 1 saturated heterocycles. The first-order valence-corrected chi connectivity index (χ1v) is 13.6. The zero-order valence-electron chi connectivity index (χ0n) is 22.5. The summed E-state index contributed by atoms with van der Waals surface area (Å²) >= 11 is 0. The van der Waals surface area contributed by atoms with E-state index in [9.17, 15) is 34.8 Å². The summed E-state index contributed by atoms with van der Waals surface area (Å²) in [5.74, 6) is -7.94. The van der Waals surface area contributed by atoms with Crippen LogP contribution in [0.5, 0.6) is 5.75 Å². The first-order valence-electron chi connectivity index (χ1n) is 13.6. The van der Waals surface area contributed by atoms with Crippen LogP contribution in [0, 0.1) is 23.6 Å². The van der Waals surface area contributed by atoms with Crippen molar-refractivity contribution in [3.8, 4) is 5.75 Å². The molecule has 6 rings (SSSR count). The lowest BCUT2D eigenvalue weighted by Crippen LogP contribution is -2.64. The van der Waals surface area contributed by atoms with Gasteiger partial charge in [-0.1, -0.05) is 6.92 Å². The molecular weight excluding hydrogens is 523 g/mol. The number of rotatable bonds is 3. The summed E-state index contributed by atoms with van der Waals surface area (Å²) in [6.45, 7) is 3.36. The minimum atomic E-state index is -2.73. The maximum absolute atomic E-state index is 16.4. The molecule has 0 radical (unpaired) electrons. The van der Waals surface area contributed by atoms with Crippen molar-refractivity contribution in [2.75, 3.05) is 39.0 Å². The number of phenolic OH excluding ortho intramolecular Hbond substituents is 1. The Morgan fingerprint density at radius 2 is 1.98 bits per heavy atom. The van der Waals surface area contributed by atoms with Crippen LogP contribution in [0.3, 0.4) is 0 Å². The number of nitrogens with one attached hydrogen (secondary N) is 1. The summed E-state index contributed by atoms with van der Waals surface area (Å²) in [6.07, 6.45) is 0.697. The van der Waals surface area contributed by atoms with E-state index in [1.165, 1.54) is 0 Å². The fraction of sp³-hybridized carbons (Fsp3) is 0.536. The Labute approximate surface area is 229 Å². The maximum Gasteiger partial charge on any atom is 0.255 e. The fourth-order valence-corrected chi connectivity index (χ4v) is 7.86. The molecule has 2 aliphatic heterocycles. The molecule has 12 heteroatoms. The van der Waals surface area contributed by atoms with Crippen LogP contribution in [0.1, 0.15) is 47.3 Å². The van der Waals surface area contributed by atoms with E-state index in [-0.39, 0.29) is 47.2 Å². The van der Waals surface area contributed by atoms with E-state index in [2.05, 4.69) is 5.32 Å². The average molecular weight is 557 g/mol. The number of nitrogens with two attached hydrogens (primary N) is 1. The number of aromatic hydroxyl groups is 1. The molecule has 2 heterocycles. The van der Waals surface area contributed by atoms with Gasteiger partial charge in [-0.3, -0.25) is 24.2 Å². The third-order valence-electron chi connectivity index (χ3n) is 9.89. The summed E-state index contributed by atoms with van der Waals surface area (Å²) in [5, 5.41) is 48.6. The van der Waals surface area contributed by atoms with E-state index < -0.39 is 69.6 Å². The zero-order chi connectivity index (χ0) is 29.0. The topological polar surface area (TPSA) is 177 Å². The molecule has 0 spiro atoms. The van der Waals surface area contributed by atoms with Gasteiger partial charge >= 0.3 is 0 Å². The molecule has 3 aliphatic carbocycles. The van der Waals surface area contributed by atoms with Crippen molar-refractivity contribution in [2.45, 2.75) is 43.9 Å². The average Bonchev–Trinajstić information content (AvgIpc) is 3.29. The van der Waals surface area contributed by atoms with Gasteiger partial charge in [0.1, 0.15) is 22.9 Å². The van der Waals surface area contributed by atoms with Gasteiger partial charge in [0.25, 0.3) is 5.91 Å². The SMILES string of the molecule is CCN(C)C1C(O)=C(C(N)=O)C(=O)[C@@]2(O)C(O)=C3C(=O)c4c(O)c5c(c(F)c4C[C@H]3C[C@@H]12)C1C(CCN1C)CN5. The number of carbonyl (C=O) groups is 3. The van der Waals surface area contributed by atoms with Gasteiger partial charge < -0.3 is 31.5 Å². The first-order chi connectivity index (χ1) is 18.9. The highest BCUT2D eigenvalue weighted by Gasteiger charge is 2.63. The van der Waals surface area contributed by atoms with Crippen molar-refractivity contribution in [1.82, 2.24) is 9.80 Å². The van der Waals surface area contributed by atoms with Gasteiger partial charge in [-0.25, -0.2) is 4.39 Å². The molecule has 1 amide bonds. The Balaban J connectivity index is 1.55. The predicted octanol–water partition coefficient (Wildman–Crippen LogP) is 1.07. The summed E-state index contributed by atoms with van der Waals surface area (Å²) in [6, 6.07) is -1.36. The normalized spacial score (nSPS) is 33.3. The molecule has 214 valence electrons. The van der Waals surface area contributed by atoms with Crippen LogP contribution in [0.25, 0.3) is 0 Å². The van der Waals surface area contributed by atoms with E-state index in [0.29, 0.717) is 18.7 Å². The van der Waals surface area contributed by atoms with Crippen molar-refractivity contribution in [2.24, 2.45) is 23.5 Å². The summed E-state index contributed by atoms with van der Waals surface area (Å²) in [4.78, 5) is 43.2. The molecule has 1 aromatic rings. The highest BCUT2D eigenvalue weighted by Crippen LogP contribution is 2.55. The second-order valence-corrected chi connectivity index (χ2v) is 11.7. The number of allylic oxidation sites excluding steroid dienone is 1. The van der Waals surface area contributed by atoms with E-state index in [1.807, 2.05) is 11.9 Å². The molecule has 0 saturated carbocycles. The van der Waals surface area contributed by atoms with Crippen LogP contribution in [-0.4, -0.2) is 93.1 Å².